The Labute approximate surface area is 288 Å². The number of nitriles is 1. The van der Waals surface area contributed by atoms with Gasteiger partial charge in [0, 0.05) is 57.9 Å². The highest BCUT2D eigenvalue weighted by molar-refractivity contribution is 5.65. The highest BCUT2D eigenvalue weighted by Gasteiger charge is 2.37. The Balaban J connectivity index is 1.23. The van der Waals surface area contributed by atoms with Crippen LogP contribution in [0.3, 0.4) is 0 Å². The molecule has 0 aromatic heterocycles. The van der Waals surface area contributed by atoms with Crippen molar-refractivity contribution < 1.29 is 33.2 Å². The van der Waals surface area contributed by atoms with Gasteiger partial charge in [0.05, 0.1) is 46.6 Å². The van der Waals surface area contributed by atoms with Crippen molar-refractivity contribution in [3.63, 3.8) is 0 Å². The molecule has 4 aliphatic heterocycles. The van der Waals surface area contributed by atoms with Crippen molar-refractivity contribution in [2.45, 2.75) is 5.92 Å². The van der Waals surface area contributed by atoms with E-state index in [0.717, 1.165) is 88.0 Å². The highest BCUT2D eigenvalue weighted by Crippen LogP contribution is 2.45. The Bertz CT molecular complexity index is 1600. The van der Waals surface area contributed by atoms with Gasteiger partial charge in [0.1, 0.15) is 30.6 Å². The van der Waals surface area contributed by atoms with E-state index < -0.39 is 5.92 Å². The third-order valence-corrected chi connectivity index (χ3v) is 9.29. The van der Waals surface area contributed by atoms with Crippen LogP contribution in [0.4, 0.5) is 0 Å². The molecule has 12 heteroatoms. The van der Waals surface area contributed by atoms with Gasteiger partial charge < -0.3 is 38.9 Å². The van der Waals surface area contributed by atoms with Gasteiger partial charge in [-0.2, -0.15) is 5.26 Å². The molecule has 0 bridgehead atoms. The minimum absolute atomic E-state index is 0.105. The Morgan fingerprint density at radius 2 is 1.43 bits per heavy atom. The summed E-state index contributed by atoms with van der Waals surface area (Å²) in [6.07, 6.45) is 2.08. The molecule has 1 atom stereocenters. The molecule has 2 saturated heterocycles. The molecule has 0 spiro atoms. The Kier molecular flexibility index (Phi) is 11.6. The summed E-state index contributed by atoms with van der Waals surface area (Å²) in [5.41, 5.74) is 10.6. The first-order chi connectivity index (χ1) is 24.0. The summed E-state index contributed by atoms with van der Waals surface area (Å²) in [6, 6.07) is 14.1. The van der Waals surface area contributed by atoms with Crippen LogP contribution >= 0.6 is 0 Å². The second-order valence-corrected chi connectivity index (χ2v) is 12.5. The zero-order valence-corrected chi connectivity index (χ0v) is 28.7. The van der Waals surface area contributed by atoms with Crippen LogP contribution in [0.15, 0.2) is 64.8 Å². The molecule has 49 heavy (non-hydrogen) atoms. The third-order valence-electron chi connectivity index (χ3n) is 9.29. The molecule has 0 amide bonds. The van der Waals surface area contributed by atoms with Gasteiger partial charge in [0.15, 0.2) is 23.0 Å². The molecule has 4 heterocycles. The number of nitrogens with zero attached hydrogens (tertiary/aromatic N) is 4. The number of hydrogen-bond acceptors (Lipinski definition) is 12. The lowest BCUT2D eigenvalue weighted by atomic mass is 9.80. The third kappa shape index (κ3) is 8.32. The molecular weight excluding hydrogens is 626 g/mol. The summed E-state index contributed by atoms with van der Waals surface area (Å²) in [4.78, 5) is 6.86. The van der Waals surface area contributed by atoms with Crippen LogP contribution in [-0.4, -0.2) is 128 Å². The fraction of sp³-hybridized carbons (Fsp3) is 0.486. The molecule has 2 aromatic rings. The smallest absolute Gasteiger partial charge is 0.205 e. The number of rotatable bonds is 12. The zero-order valence-electron chi connectivity index (χ0n) is 28.7. The van der Waals surface area contributed by atoms with Gasteiger partial charge >= 0.3 is 0 Å². The van der Waals surface area contributed by atoms with E-state index >= 15 is 0 Å². The minimum Gasteiger partial charge on any atom is -0.493 e. The molecule has 1 unspecified atom stereocenters. The summed E-state index contributed by atoms with van der Waals surface area (Å²) >= 11 is 0. The molecule has 4 aliphatic rings. The van der Waals surface area contributed by atoms with E-state index in [1.165, 1.54) is 0 Å². The van der Waals surface area contributed by atoms with E-state index in [1.54, 1.807) is 14.2 Å². The summed E-state index contributed by atoms with van der Waals surface area (Å²) < 4.78 is 40.9. The summed E-state index contributed by atoms with van der Waals surface area (Å²) in [7, 11) is 5.33. The van der Waals surface area contributed by atoms with Crippen molar-refractivity contribution in [3.05, 3.63) is 75.9 Å². The van der Waals surface area contributed by atoms with Gasteiger partial charge in [-0.25, -0.2) is 0 Å². The van der Waals surface area contributed by atoms with Gasteiger partial charge in [-0.3, -0.25) is 14.7 Å². The number of nitrogens with two attached hydrogens (primary N) is 1. The molecule has 12 nitrogen and oxygen atoms in total. The van der Waals surface area contributed by atoms with Crippen LogP contribution in [-0.2, 0) is 14.2 Å². The summed E-state index contributed by atoms with van der Waals surface area (Å²) in [6.45, 7) is 10.6. The Morgan fingerprint density at radius 1 is 0.837 bits per heavy atom. The number of likely N-dealkylation sites (N-methyl/N-ethyl adjacent to an activating group) is 1. The number of hydrogen-bond donors (Lipinski definition) is 1. The van der Waals surface area contributed by atoms with E-state index in [-0.39, 0.29) is 5.88 Å². The Morgan fingerprint density at radius 3 is 2.02 bits per heavy atom. The Hall–Kier alpha value is -4.25. The summed E-state index contributed by atoms with van der Waals surface area (Å²) in [5.74, 6) is 2.99. The van der Waals surface area contributed by atoms with Crippen molar-refractivity contribution in [2.75, 3.05) is 113 Å². The van der Waals surface area contributed by atoms with Crippen LogP contribution in [0.25, 0.3) is 6.08 Å². The topological polar surface area (TPSA) is 124 Å². The maximum absolute atomic E-state index is 10.3. The maximum Gasteiger partial charge on any atom is 0.205 e. The van der Waals surface area contributed by atoms with Gasteiger partial charge in [0.25, 0.3) is 0 Å². The molecule has 262 valence electrons. The minimum atomic E-state index is -0.409. The van der Waals surface area contributed by atoms with Crippen LogP contribution in [0, 0.1) is 11.3 Å². The number of ether oxygens (including phenoxy) is 7. The molecule has 0 radical (unpaired) electrons. The van der Waals surface area contributed by atoms with Crippen LogP contribution < -0.4 is 24.7 Å². The first-order valence-corrected chi connectivity index (χ1v) is 16.9. The fourth-order valence-corrected chi connectivity index (χ4v) is 6.72. The predicted octanol–water partition coefficient (Wildman–Crippen LogP) is 3.22. The molecule has 2 aromatic carbocycles. The highest BCUT2D eigenvalue weighted by atomic mass is 16.5. The quantitative estimate of drug-likeness (QED) is 0.356. The number of allylic oxidation sites excluding steroid dienone is 1. The predicted molar refractivity (Wildman–Crippen MR) is 185 cm³/mol. The zero-order chi connectivity index (χ0) is 34.2. The second kappa shape index (κ2) is 16.4. The molecule has 0 saturated carbocycles. The van der Waals surface area contributed by atoms with Crippen molar-refractivity contribution in [1.82, 2.24) is 14.7 Å². The van der Waals surface area contributed by atoms with Crippen molar-refractivity contribution in [1.29, 1.82) is 5.26 Å². The summed E-state index contributed by atoms with van der Waals surface area (Å²) in [5, 5.41) is 10.3. The normalized spacial score (nSPS) is 21.6. The average molecular weight is 674 g/mol. The lowest BCUT2D eigenvalue weighted by Crippen LogP contribution is -2.38. The number of methoxy groups -OCH3 is 2. The molecular formula is C37H47N5O7. The standard InChI is InChI=1S/C37H47N5O7/c1-40-24-28(20-26-4-6-31(33(21-26)43-2)47-18-12-41-8-14-45-15-9-41)36-30(25-40)35(29(23-38)37(39)49-36)27-5-7-32(34(22-27)44-3)48-19-13-42-10-16-46-17-11-42/h4-7,20-22,35H,8-19,24-25,39H2,1-3H3/b28-20+. The SMILES string of the molecule is COc1cc(/C=C2\CN(C)CC3=C2OC(N)=C(C#N)C3c2ccc(OCCN3CCOCC3)c(OC)c2)ccc1OCCN1CCOCC1. The molecule has 2 fully saturated rings. The van der Waals surface area contributed by atoms with Crippen molar-refractivity contribution in [2.24, 2.45) is 5.73 Å². The van der Waals surface area contributed by atoms with E-state index in [0.29, 0.717) is 60.6 Å². The van der Waals surface area contributed by atoms with E-state index in [2.05, 4.69) is 33.9 Å². The first-order valence-electron chi connectivity index (χ1n) is 16.9. The van der Waals surface area contributed by atoms with Crippen LogP contribution in [0.2, 0.25) is 0 Å². The van der Waals surface area contributed by atoms with Gasteiger partial charge in [-0.15, -0.1) is 0 Å². The largest absolute Gasteiger partial charge is 0.493 e. The maximum atomic E-state index is 10.3. The van der Waals surface area contributed by atoms with Gasteiger partial charge in [-0.1, -0.05) is 12.1 Å². The van der Waals surface area contributed by atoms with Gasteiger partial charge in [0.2, 0.25) is 5.88 Å². The lowest BCUT2D eigenvalue weighted by Gasteiger charge is -2.37. The fourth-order valence-electron chi connectivity index (χ4n) is 6.72. The average Bonchev–Trinajstić information content (AvgIpc) is 3.13. The van der Waals surface area contributed by atoms with E-state index in [1.807, 2.05) is 36.4 Å². The lowest BCUT2D eigenvalue weighted by molar-refractivity contribution is 0.0320. The molecule has 0 aliphatic carbocycles. The second-order valence-electron chi connectivity index (χ2n) is 12.5. The van der Waals surface area contributed by atoms with E-state index in [4.69, 9.17) is 38.9 Å². The van der Waals surface area contributed by atoms with Crippen LogP contribution in [0.5, 0.6) is 23.0 Å². The number of morpholine rings is 2. The monoisotopic (exact) mass is 673 g/mol. The molecule has 2 N–H and O–H groups in total. The van der Waals surface area contributed by atoms with E-state index in [9.17, 15) is 5.26 Å². The first kappa shape index (κ1) is 34.6. The van der Waals surface area contributed by atoms with Crippen molar-refractivity contribution in [3.8, 4) is 29.1 Å². The van der Waals surface area contributed by atoms with Crippen molar-refractivity contribution >= 4 is 6.08 Å². The molecule has 6 rings (SSSR count). The van der Waals surface area contributed by atoms with Crippen LogP contribution in [0.1, 0.15) is 17.0 Å². The number of benzene rings is 2. The van der Waals surface area contributed by atoms with Gasteiger partial charge in [-0.05, 0) is 54.1 Å².